The number of benzene rings is 1. The molecule has 0 aliphatic carbocycles. The first-order valence-electron chi connectivity index (χ1n) is 4.38. The van der Waals surface area contributed by atoms with Gasteiger partial charge in [0, 0.05) is 18.8 Å². The van der Waals surface area contributed by atoms with E-state index in [2.05, 4.69) is 40.5 Å². The van der Waals surface area contributed by atoms with Crippen LogP contribution in [0.4, 0.5) is 5.69 Å². The van der Waals surface area contributed by atoms with E-state index in [-0.39, 0.29) is 0 Å². The third kappa shape index (κ3) is 1.43. The fraction of sp³-hybridized carbons (Fsp3) is 0.400. The molecule has 1 aromatic rings. The first kappa shape index (κ1) is 7.62. The Kier molecular flexibility index (Phi) is 2.00. The van der Waals surface area contributed by atoms with Gasteiger partial charge in [-0.05, 0) is 19.2 Å². The van der Waals surface area contributed by atoms with Gasteiger partial charge in [0.25, 0.3) is 0 Å². The fourth-order valence-corrected chi connectivity index (χ4v) is 1.53. The van der Waals surface area contributed by atoms with Gasteiger partial charge in [0.2, 0.25) is 0 Å². The Bertz CT molecular complexity index is 245. The van der Waals surface area contributed by atoms with Gasteiger partial charge in [-0.3, -0.25) is 0 Å². The van der Waals surface area contributed by atoms with Crippen LogP contribution in [0.3, 0.4) is 0 Å². The summed E-state index contributed by atoms with van der Waals surface area (Å²) in [4.78, 5) is 2.40. The molecule has 0 saturated carbocycles. The van der Waals surface area contributed by atoms with Crippen molar-refractivity contribution in [3.63, 3.8) is 0 Å². The summed E-state index contributed by atoms with van der Waals surface area (Å²) >= 11 is 0. The van der Waals surface area contributed by atoms with E-state index in [9.17, 15) is 0 Å². The Balaban J connectivity index is 1.97. The van der Waals surface area contributed by atoms with Crippen molar-refractivity contribution in [3.8, 4) is 0 Å². The number of anilines is 1. The van der Waals surface area contributed by atoms with Gasteiger partial charge in [-0.25, -0.2) is 0 Å². The Labute approximate surface area is 73.2 Å². The number of likely N-dealkylation sites (N-methyl/N-ethyl adjacent to an activating group) is 1. The molecular formula is C10H14N2. The highest BCUT2D eigenvalue weighted by atomic mass is 15.3. The number of hydrogen-bond donors (Lipinski definition) is 1. The minimum atomic E-state index is 0.720. The van der Waals surface area contributed by atoms with Crippen molar-refractivity contribution in [3.05, 3.63) is 30.3 Å². The third-order valence-corrected chi connectivity index (χ3v) is 2.24. The molecule has 1 heterocycles. The van der Waals surface area contributed by atoms with Crippen LogP contribution in [0.5, 0.6) is 0 Å². The van der Waals surface area contributed by atoms with E-state index in [1.54, 1.807) is 0 Å². The second-order valence-corrected chi connectivity index (χ2v) is 3.20. The van der Waals surface area contributed by atoms with E-state index in [1.807, 2.05) is 7.05 Å². The zero-order chi connectivity index (χ0) is 8.39. The minimum Gasteiger partial charge on any atom is -0.363 e. The molecule has 1 aromatic carbocycles. The largest absolute Gasteiger partial charge is 0.363 e. The monoisotopic (exact) mass is 162 g/mol. The van der Waals surface area contributed by atoms with Crippen LogP contribution in [0, 0.1) is 0 Å². The maximum atomic E-state index is 3.19. The molecular weight excluding hydrogens is 148 g/mol. The zero-order valence-corrected chi connectivity index (χ0v) is 7.33. The van der Waals surface area contributed by atoms with Crippen LogP contribution < -0.4 is 10.2 Å². The number of para-hydroxylation sites is 1. The predicted molar refractivity (Wildman–Crippen MR) is 51.5 cm³/mol. The highest BCUT2D eigenvalue weighted by Gasteiger charge is 2.32. The number of nitrogens with zero attached hydrogens (tertiary/aromatic N) is 1. The lowest BCUT2D eigenvalue weighted by molar-refractivity contribution is 0.791. The summed E-state index contributed by atoms with van der Waals surface area (Å²) in [6.45, 7) is 2.29. The second kappa shape index (κ2) is 3.15. The van der Waals surface area contributed by atoms with Crippen LogP contribution in [-0.4, -0.2) is 26.2 Å². The van der Waals surface area contributed by atoms with Crippen molar-refractivity contribution in [1.29, 1.82) is 0 Å². The molecule has 1 aliphatic rings. The van der Waals surface area contributed by atoms with E-state index in [0.29, 0.717) is 0 Å². The topological polar surface area (TPSA) is 15.0 Å². The van der Waals surface area contributed by atoms with Crippen LogP contribution in [0.25, 0.3) is 0 Å². The average molecular weight is 162 g/mol. The lowest BCUT2D eigenvalue weighted by Gasteiger charge is -2.03. The molecule has 0 spiro atoms. The van der Waals surface area contributed by atoms with E-state index in [4.69, 9.17) is 0 Å². The van der Waals surface area contributed by atoms with Crippen LogP contribution >= 0.6 is 0 Å². The molecule has 1 unspecified atom stereocenters. The molecule has 0 bridgehead atoms. The second-order valence-electron chi connectivity index (χ2n) is 3.20. The van der Waals surface area contributed by atoms with Gasteiger partial charge in [-0.2, -0.15) is 0 Å². The van der Waals surface area contributed by atoms with Gasteiger partial charge < -0.3 is 10.2 Å². The van der Waals surface area contributed by atoms with Crippen molar-refractivity contribution in [2.75, 3.05) is 25.0 Å². The molecule has 2 nitrogen and oxygen atoms in total. The molecule has 1 aliphatic heterocycles. The summed E-state index contributed by atoms with van der Waals surface area (Å²) in [5.74, 6) is 0. The van der Waals surface area contributed by atoms with E-state index in [1.165, 1.54) is 12.2 Å². The number of nitrogens with one attached hydrogen (secondary N) is 1. The van der Waals surface area contributed by atoms with Gasteiger partial charge in [-0.1, -0.05) is 18.2 Å². The highest BCUT2D eigenvalue weighted by Crippen LogP contribution is 2.26. The Morgan fingerprint density at radius 3 is 2.83 bits per heavy atom. The van der Waals surface area contributed by atoms with Gasteiger partial charge >= 0.3 is 0 Å². The van der Waals surface area contributed by atoms with Gasteiger partial charge in [0.05, 0.1) is 6.04 Å². The molecule has 0 radical (unpaired) electrons. The van der Waals surface area contributed by atoms with Crippen LogP contribution in [0.1, 0.15) is 0 Å². The maximum Gasteiger partial charge on any atom is 0.0590 e. The van der Waals surface area contributed by atoms with Crippen LogP contribution in [-0.2, 0) is 0 Å². The average Bonchev–Trinajstić information content (AvgIpc) is 2.87. The molecule has 2 heteroatoms. The molecule has 0 amide bonds. The van der Waals surface area contributed by atoms with Crippen molar-refractivity contribution in [2.45, 2.75) is 6.04 Å². The summed E-state index contributed by atoms with van der Waals surface area (Å²) in [5, 5.41) is 3.19. The summed E-state index contributed by atoms with van der Waals surface area (Å²) < 4.78 is 0. The maximum absolute atomic E-state index is 3.19. The molecule has 12 heavy (non-hydrogen) atoms. The first-order valence-corrected chi connectivity index (χ1v) is 4.38. The lowest BCUT2D eigenvalue weighted by atomic mass is 10.3. The first-order chi connectivity index (χ1) is 5.92. The van der Waals surface area contributed by atoms with Crippen LogP contribution in [0.2, 0.25) is 0 Å². The summed E-state index contributed by atoms with van der Waals surface area (Å²) in [6.07, 6.45) is 0. The summed E-state index contributed by atoms with van der Waals surface area (Å²) in [7, 11) is 2.00. The minimum absolute atomic E-state index is 0.720. The molecule has 1 fully saturated rings. The molecule has 1 N–H and O–H groups in total. The predicted octanol–water partition coefficient (Wildman–Crippen LogP) is 1.09. The SMILES string of the molecule is CNCC1CN1c1ccccc1. The van der Waals surface area contributed by atoms with Gasteiger partial charge in [0.15, 0.2) is 0 Å². The lowest BCUT2D eigenvalue weighted by Crippen LogP contribution is -2.16. The van der Waals surface area contributed by atoms with Crippen LogP contribution in [0.15, 0.2) is 30.3 Å². The zero-order valence-electron chi connectivity index (χ0n) is 7.33. The van der Waals surface area contributed by atoms with E-state index in [0.717, 1.165) is 12.6 Å². The quantitative estimate of drug-likeness (QED) is 0.669. The molecule has 1 saturated heterocycles. The van der Waals surface area contributed by atoms with Gasteiger partial charge in [-0.15, -0.1) is 0 Å². The Morgan fingerprint density at radius 2 is 2.17 bits per heavy atom. The molecule has 64 valence electrons. The standard InChI is InChI=1S/C10H14N2/c1-11-7-10-8-12(10)9-5-3-2-4-6-9/h2-6,10-11H,7-8H2,1H3. The van der Waals surface area contributed by atoms with Crippen molar-refractivity contribution >= 4 is 5.69 Å². The normalized spacial score (nSPS) is 21.1. The van der Waals surface area contributed by atoms with Crippen molar-refractivity contribution < 1.29 is 0 Å². The Morgan fingerprint density at radius 1 is 1.42 bits per heavy atom. The summed E-state index contributed by atoms with van der Waals surface area (Å²) in [5.41, 5.74) is 1.35. The van der Waals surface area contributed by atoms with Gasteiger partial charge in [0.1, 0.15) is 0 Å². The third-order valence-electron chi connectivity index (χ3n) is 2.24. The highest BCUT2D eigenvalue weighted by molar-refractivity contribution is 5.53. The Hall–Kier alpha value is -1.02. The number of hydrogen-bond acceptors (Lipinski definition) is 2. The number of rotatable bonds is 3. The fourth-order valence-electron chi connectivity index (χ4n) is 1.53. The summed E-state index contributed by atoms with van der Waals surface area (Å²) in [6, 6.07) is 11.3. The van der Waals surface area contributed by atoms with Crippen molar-refractivity contribution in [2.24, 2.45) is 0 Å². The van der Waals surface area contributed by atoms with E-state index < -0.39 is 0 Å². The molecule has 1 atom stereocenters. The van der Waals surface area contributed by atoms with E-state index >= 15 is 0 Å². The molecule has 0 aromatic heterocycles. The smallest absolute Gasteiger partial charge is 0.0590 e. The van der Waals surface area contributed by atoms with Crippen molar-refractivity contribution in [1.82, 2.24) is 5.32 Å². The molecule has 2 rings (SSSR count).